The van der Waals surface area contributed by atoms with Crippen molar-refractivity contribution in [3.63, 3.8) is 0 Å². The fourth-order valence-corrected chi connectivity index (χ4v) is 4.18. The van der Waals surface area contributed by atoms with Gasteiger partial charge in [0.25, 0.3) is 0 Å². The average molecular weight is 331 g/mol. The highest BCUT2D eigenvalue weighted by molar-refractivity contribution is 5.74. The fourth-order valence-electron chi connectivity index (χ4n) is 4.18. The Morgan fingerprint density at radius 2 is 2.09 bits per heavy atom. The largest absolute Gasteiger partial charge is 0.480 e. The van der Waals surface area contributed by atoms with E-state index in [0.29, 0.717) is 6.42 Å². The molecule has 8 heteroatoms. The molecule has 3 rings (SSSR count). The van der Waals surface area contributed by atoms with Crippen LogP contribution in [0.25, 0.3) is 0 Å². The summed E-state index contributed by atoms with van der Waals surface area (Å²) in [6.45, 7) is -0.0131. The van der Waals surface area contributed by atoms with Gasteiger partial charge in [-0.05, 0) is 25.2 Å². The van der Waals surface area contributed by atoms with Gasteiger partial charge in [-0.15, -0.1) is 0 Å². The molecular formula is C15H20F3N3O2. The molecule has 0 amide bonds. The van der Waals surface area contributed by atoms with Gasteiger partial charge >= 0.3 is 12.1 Å². The quantitative estimate of drug-likeness (QED) is 0.925. The van der Waals surface area contributed by atoms with Gasteiger partial charge in [0.15, 0.2) is 0 Å². The molecule has 0 bridgehead atoms. The maximum atomic E-state index is 13.2. The van der Waals surface area contributed by atoms with Crippen molar-refractivity contribution in [2.45, 2.75) is 56.9 Å². The van der Waals surface area contributed by atoms with E-state index < -0.39 is 23.9 Å². The normalized spacial score (nSPS) is 28.8. The Morgan fingerprint density at radius 1 is 1.39 bits per heavy atom. The van der Waals surface area contributed by atoms with E-state index in [0.717, 1.165) is 30.4 Å². The van der Waals surface area contributed by atoms with Crippen LogP contribution in [0.5, 0.6) is 0 Å². The molecule has 2 aliphatic rings. The van der Waals surface area contributed by atoms with Crippen molar-refractivity contribution in [3.05, 3.63) is 17.5 Å². The number of fused-ring (bicyclic) bond motifs is 1. The molecule has 0 aromatic carbocycles. The molecule has 1 aromatic heterocycles. The lowest BCUT2D eigenvalue weighted by Crippen LogP contribution is -2.42. The van der Waals surface area contributed by atoms with Crippen molar-refractivity contribution in [2.24, 2.45) is 13.0 Å². The van der Waals surface area contributed by atoms with Gasteiger partial charge in [-0.2, -0.15) is 18.3 Å². The van der Waals surface area contributed by atoms with E-state index in [2.05, 4.69) is 5.10 Å². The minimum atomic E-state index is -4.50. The summed E-state index contributed by atoms with van der Waals surface area (Å²) in [5, 5.41) is 13.2. The number of carboxylic acid groups (broad SMARTS) is 1. The van der Waals surface area contributed by atoms with E-state index in [9.17, 15) is 23.1 Å². The number of aryl methyl sites for hydroxylation is 1. The van der Waals surface area contributed by atoms with Gasteiger partial charge in [0.2, 0.25) is 0 Å². The van der Waals surface area contributed by atoms with Gasteiger partial charge < -0.3 is 5.11 Å². The first-order chi connectivity index (χ1) is 10.8. The van der Waals surface area contributed by atoms with E-state index in [1.54, 1.807) is 4.90 Å². The van der Waals surface area contributed by atoms with E-state index in [4.69, 9.17) is 0 Å². The number of rotatable bonds is 3. The second kappa shape index (κ2) is 5.81. The zero-order chi connectivity index (χ0) is 16.8. The van der Waals surface area contributed by atoms with Crippen LogP contribution in [-0.4, -0.2) is 37.8 Å². The van der Waals surface area contributed by atoms with E-state index in [-0.39, 0.29) is 24.1 Å². The van der Waals surface area contributed by atoms with Crippen LogP contribution in [0.4, 0.5) is 13.2 Å². The summed E-state index contributed by atoms with van der Waals surface area (Å²) in [5.74, 6) is -0.673. The third-order valence-electron chi connectivity index (χ3n) is 5.14. The maximum absolute atomic E-state index is 13.2. The van der Waals surface area contributed by atoms with Crippen molar-refractivity contribution in [2.75, 3.05) is 0 Å². The minimum absolute atomic E-state index is 0.0131. The number of hydrogen-bond donors (Lipinski definition) is 1. The SMILES string of the molecule is Cn1ncc(CN2C(C(=O)O)CC3CCCCC32)c1C(F)(F)F. The van der Waals surface area contributed by atoms with Gasteiger partial charge in [0, 0.05) is 25.2 Å². The van der Waals surface area contributed by atoms with Crippen molar-refractivity contribution >= 4 is 5.97 Å². The van der Waals surface area contributed by atoms with Crippen molar-refractivity contribution in [1.82, 2.24) is 14.7 Å². The lowest BCUT2D eigenvalue weighted by molar-refractivity contribution is -0.145. The van der Waals surface area contributed by atoms with Gasteiger partial charge in [-0.25, -0.2) is 0 Å². The van der Waals surface area contributed by atoms with Crippen LogP contribution in [0.1, 0.15) is 43.4 Å². The number of aliphatic carboxylic acids is 1. The second-order valence-electron chi connectivity index (χ2n) is 6.51. The van der Waals surface area contributed by atoms with Crippen molar-refractivity contribution in [1.29, 1.82) is 0 Å². The maximum Gasteiger partial charge on any atom is 0.433 e. The Hall–Kier alpha value is -1.57. The number of aromatic nitrogens is 2. The number of carboxylic acids is 1. The second-order valence-corrected chi connectivity index (χ2v) is 6.51. The first kappa shape index (κ1) is 16.3. The number of alkyl halides is 3. The lowest BCUT2D eigenvalue weighted by Gasteiger charge is -2.33. The van der Waals surface area contributed by atoms with Crippen LogP contribution in [0.2, 0.25) is 0 Å². The van der Waals surface area contributed by atoms with Crippen LogP contribution in [-0.2, 0) is 24.6 Å². The molecule has 3 atom stereocenters. The molecule has 1 saturated heterocycles. The number of hydrogen-bond acceptors (Lipinski definition) is 3. The van der Waals surface area contributed by atoms with Crippen LogP contribution < -0.4 is 0 Å². The summed E-state index contributed by atoms with van der Waals surface area (Å²) < 4.78 is 40.4. The molecule has 1 aliphatic heterocycles. The van der Waals surface area contributed by atoms with Gasteiger partial charge in [-0.3, -0.25) is 14.4 Å². The van der Waals surface area contributed by atoms with E-state index >= 15 is 0 Å². The molecule has 128 valence electrons. The molecule has 23 heavy (non-hydrogen) atoms. The molecule has 1 N–H and O–H groups in total. The van der Waals surface area contributed by atoms with E-state index in [1.165, 1.54) is 13.2 Å². The Kier molecular flexibility index (Phi) is 4.12. The Balaban J connectivity index is 1.90. The standard InChI is InChI=1S/C15H20F3N3O2/c1-20-13(15(16,17)18)10(7-19-20)8-21-11-5-3-2-4-9(11)6-12(21)14(22)23/h7,9,11-12H,2-6,8H2,1H3,(H,22,23). The predicted octanol–water partition coefficient (Wildman–Crippen LogP) is 2.66. The molecular weight excluding hydrogens is 311 g/mol. The van der Waals surface area contributed by atoms with Gasteiger partial charge in [0.05, 0.1) is 6.20 Å². The Morgan fingerprint density at radius 3 is 2.74 bits per heavy atom. The smallest absolute Gasteiger partial charge is 0.433 e. The van der Waals surface area contributed by atoms with Crippen molar-refractivity contribution in [3.8, 4) is 0 Å². The summed E-state index contributed by atoms with van der Waals surface area (Å²) >= 11 is 0. The zero-order valence-electron chi connectivity index (χ0n) is 12.9. The van der Waals surface area contributed by atoms with Gasteiger partial charge in [0.1, 0.15) is 11.7 Å². The fraction of sp³-hybridized carbons (Fsp3) is 0.733. The Bertz CT molecular complexity index is 599. The molecule has 0 spiro atoms. The highest BCUT2D eigenvalue weighted by Gasteiger charge is 2.46. The molecule has 1 aliphatic carbocycles. The predicted molar refractivity (Wildman–Crippen MR) is 75.5 cm³/mol. The highest BCUT2D eigenvalue weighted by Crippen LogP contribution is 2.41. The summed E-state index contributed by atoms with van der Waals surface area (Å²) in [4.78, 5) is 13.3. The molecule has 0 radical (unpaired) electrons. The molecule has 1 saturated carbocycles. The lowest BCUT2D eigenvalue weighted by atomic mass is 9.84. The molecule has 5 nitrogen and oxygen atoms in total. The Labute approximate surface area is 132 Å². The summed E-state index contributed by atoms with van der Waals surface area (Å²) in [6, 6.07) is -0.643. The average Bonchev–Trinajstić information content (AvgIpc) is 3.00. The highest BCUT2D eigenvalue weighted by atomic mass is 19.4. The van der Waals surface area contributed by atoms with Crippen LogP contribution in [0.15, 0.2) is 6.20 Å². The minimum Gasteiger partial charge on any atom is -0.480 e. The first-order valence-corrected chi connectivity index (χ1v) is 7.85. The topological polar surface area (TPSA) is 58.4 Å². The van der Waals surface area contributed by atoms with Crippen LogP contribution in [0, 0.1) is 5.92 Å². The number of likely N-dealkylation sites (tertiary alicyclic amines) is 1. The third kappa shape index (κ3) is 2.96. The van der Waals surface area contributed by atoms with E-state index in [1.807, 2.05) is 0 Å². The molecule has 2 heterocycles. The number of halogens is 3. The van der Waals surface area contributed by atoms with Crippen LogP contribution >= 0.6 is 0 Å². The zero-order valence-corrected chi connectivity index (χ0v) is 12.9. The summed E-state index contributed by atoms with van der Waals surface area (Å²) in [6.07, 6.45) is 1.13. The molecule has 1 aromatic rings. The monoisotopic (exact) mass is 331 g/mol. The summed E-state index contributed by atoms with van der Waals surface area (Å²) in [7, 11) is 1.26. The molecule has 2 fully saturated rings. The van der Waals surface area contributed by atoms with Crippen LogP contribution in [0.3, 0.4) is 0 Å². The number of carbonyl (C=O) groups is 1. The first-order valence-electron chi connectivity index (χ1n) is 7.85. The summed E-state index contributed by atoms with van der Waals surface area (Å²) in [5.41, 5.74) is -0.738. The molecule has 3 unspecified atom stereocenters. The number of nitrogens with zero attached hydrogens (tertiary/aromatic N) is 3. The van der Waals surface area contributed by atoms with Gasteiger partial charge in [-0.1, -0.05) is 12.8 Å². The van der Waals surface area contributed by atoms with Crippen molar-refractivity contribution < 1.29 is 23.1 Å². The third-order valence-corrected chi connectivity index (χ3v) is 5.14.